The molecule has 2 unspecified atom stereocenters. The Bertz CT molecular complexity index is 1170. The van der Waals surface area contributed by atoms with Gasteiger partial charge in [-0.05, 0) is 107 Å². The highest BCUT2D eigenvalue weighted by molar-refractivity contribution is 5.82. The summed E-state index contributed by atoms with van der Waals surface area (Å²) in [7, 11) is 0. The third-order valence-electron chi connectivity index (χ3n) is 9.07. The van der Waals surface area contributed by atoms with E-state index in [4.69, 9.17) is 0 Å². The summed E-state index contributed by atoms with van der Waals surface area (Å²) < 4.78 is 0. The van der Waals surface area contributed by atoms with Crippen LogP contribution in [0.2, 0.25) is 0 Å². The molecule has 1 heteroatoms. The van der Waals surface area contributed by atoms with Gasteiger partial charge in [0.15, 0.2) is 0 Å². The first-order valence-corrected chi connectivity index (χ1v) is 12.9. The molecule has 2 bridgehead atoms. The van der Waals surface area contributed by atoms with Gasteiger partial charge in [0, 0.05) is 16.8 Å². The molecule has 0 amide bonds. The molecule has 2 saturated carbocycles. The van der Waals surface area contributed by atoms with Gasteiger partial charge in [0.05, 0.1) is 0 Å². The molecule has 6 rings (SSSR count). The molecule has 2 fully saturated rings. The largest absolute Gasteiger partial charge is 0.356 e. The minimum atomic E-state index is 0.0403. The van der Waals surface area contributed by atoms with Gasteiger partial charge in [0.25, 0.3) is 0 Å². The van der Waals surface area contributed by atoms with Gasteiger partial charge >= 0.3 is 0 Å². The predicted octanol–water partition coefficient (Wildman–Crippen LogP) is 8.84. The van der Waals surface area contributed by atoms with Gasteiger partial charge in [0.1, 0.15) is 0 Å². The highest BCUT2D eigenvalue weighted by Crippen LogP contribution is 2.52. The summed E-state index contributed by atoms with van der Waals surface area (Å²) >= 11 is 0. The lowest BCUT2D eigenvalue weighted by Crippen LogP contribution is -2.38. The predicted molar refractivity (Wildman–Crippen MR) is 140 cm³/mol. The van der Waals surface area contributed by atoms with E-state index in [0.29, 0.717) is 5.41 Å². The molecular weight excluding hydrogens is 398 g/mol. The van der Waals surface area contributed by atoms with Crippen molar-refractivity contribution in [3.63, 3.8) is 0 Å². The second-order valence-corrected chi connectivity index (χ2v) is 12.1. The molecule has 3 aliphatic carbocycles. The zero-order valence-corrected chi connectivity index (χ0v) is 20.6. The third kappa shape index (κ3) is 3.52. The molecule has 3 aromatic carbocycles. The summed E-state index contributed by atoms with van der Waals surface area (Å²) in [5.74, 6) is 2.78. The fraction of sp³-hybridized carbons (Fsp3) is 0.438. The van der Waals surface area contributed by atoms with Crippen LogP contribution in [-0.4, -0.2) is 0 Å². The molecule has 1 nitrogen and oxygen atoms in total. The Morgan fingerprint density at radius 1 is 0.697 bits per heavy atom. The number of fused-ring (bicyclic) bond motifs is 5. The molecule has 3 aliphatic rings. The summed E-state index contributed by atoms with van der Waals surface area (Å²) in [5, 5.41) is 3.69. The summed E-state index contributed by atoms with van der Waals surface area (Å²) in [4.78, 5) is 0. The lowest BCUT2D eigenvalue weighted by Gasteiger charge is -2.47. The maximum atomic E-state index is 3.69. The van der Waals surface area contributed by atoms with E-state index in [0.717, 1.165) is 17.8 Å². The summed E-state index contributed by atoms with van der Waals surface area (Å²) in [6.45, 7) is 9.67. The first-order valence-electron chi connectivity index (χ1n) is 12.9. The smallest absolute Gasteiger partial charge is 0.0387 e. The van der Waals surface area contributed by atoms with Crippen LogP contribution >= 0.6 is 0 Å². The Balaban J connectivity index is 1.23. The van der Waals surface area contributed by atoms with Crippen molar-refractivity contribution in [1.29, 1.82) is 0 Å². The highest BCUT2D eigenvalue weighted by atomic mass is 14.9. The van der Waals surface area contributed by atoms with Crippen LogP contribution in [0.5, 0.6) is 0 Å². The van der Waals surface area contributed by atoms with E-state index in [2.05, 4.69) is 99.7 Å². The Labute approximate surface area is 199 Å². The molecule has 0 spiro atoms. The molecule has 1 N–H and O–H groups in total. The maximum absolute atomic E-state index is 3.69. The molecule has 0 aromatic heterocycles. The normalized spacial score (nSPS) is 29.3. The van der Waals surface area contributed by atoms with Crippen LogP contribution in [0.4, 0.5) is 11.4 Å². The molecule has 170 valence electrons. The number of hydrogen-bond donors (Lipinski definition) is 1. The van der Waals surface area contributed by atoms with Crippen molar-refractivity contribution in [2.24, 2.45) is 17.8 Å². The number of anilines is 2. The van der Waals surface area contributed by atoms with Crippen LogP contribution in [0.3, 0.4) is 0 Å². The van der Waals surface area contributed by atoms with Crippen molar-refractivity contribution in [3.8, 4) is 11.1 Å². The monoisotopic (exact) mass is 435 g/mol. The summed E-state index contributed by atoms with van der Waals surface area (Å²) in [6.07, 6.45) is 7.06. The second-order valence-electron chi connectivity index (χ2n) is 12.1. The maximum Gasteiger partial charge on any atom is 0.0387 e. The number of hydrogen-bond acceptors (Lipinski definition) is 1. The lowest BCUT2D eigenvalue weighted by atomic mass is 9.57. The van der Waals surface area contributed by atoms with E-state index in [-0.39, 0.29) is 5.41 Å². The fourth-order valence-corrected chi connectivity index (χ4v) is 7.73. The van der Waals surface area contributed by atoms with E-state index in [1.165, 1.54) is 71.3 Å². The van der Waals surface area contributed by atoms with Gasteiger partial charge < -0.3 is 5.32 Å². The van der Waals surface area contributed by atoms with E-state index >= 15 is 0 Å². The van der Waals surface area contributed by atoms with Gasteiger partial charge in [-0.2, -0.15) is 0 Å². The molecule has 0 aliphatic heterocycles. The molecule has 33 heavy (non-hydrogen) atoms. The van der Waals surface area contributed by atoms with Gasteiger partial charge in [-0.1, -0.05) is 70.2 Å². The van der Waals surface area contributed by atoms with Crippen LogP contribution in [0.1, 0.15) is 76.5 Å². The van der Waals surface area contributed by atoms with E-state index in [9.17, 15) is 0 Å². The molecule has 0 saturated heterocycles. The van der Waals surface area contributed by atoms with Crippen molar-refractivity contribution >= 4 is 11.4 Å². The zero-order chi connectivity index (χ0) is 22.8. The van der Waals surface area contributed by atoms with Crippen molar-refractivity contribution in [2.75, 3.05) is 5.32 Å². The van der Waals surface area contributed by atoms with E-state index in [1.54, 1.807) is 0 Å². The van der Waals surface area contributed by atoms with Crippen LogP contribution in [0.15, 0.2) is 66.7 Å². The zero-order valence-electron chi connectivity index (χ0n) is 20.6. The van der Waals surface area contributed by atoms with Crippen molar-refractivity contribution in [2.45, 2.75) is 70.6 Å². The van der Waals surface area contributed by atoms with Gasteiger partial charge in [-0.15, -0.1) is 0 Å². The lowest BCUT2D eigenvalue weighted by molar-refractivity contribution is 0.0899. The SMILES string of the molecule is CC1CC2CC(C1)CC(C)(c1ccc(Nc3ccc4c(c3)C(C)(C)c3ccccc3-4)cc1)C2. The Kier molecular flexibility index (Phi) is 4.77. The Morgan fingerprint density at radius 2 is 1.33 bits per heavy atom. The highest BCUT2D eigenvalue weighted by Gasteiger charge is 2.41. The molecular formula is C32H37N. The molecule has 3 aromatic rings. The quantitative estimate of drug-likeness (QED) is 0.433. The fourth-order valence-electron chi connectivity index (χ4n) is 7.73. The third-order valence-corrected chi connectivity index (χ3v) is 9.07. The molecule has 2 atom stereocenters. The van der Waals surface area contributed by atoms with E-state index < -0.39 is 0 Å². The summed E-state index contributed by atoms with van der Waals surface area (Å²) in [5.41, 5.74) is 9.88. The van der Waals surface area contributed by atoms with Crippen LogP contribution in [0, 0.1) is 17.8 Å². The minimum absolute atomic E-state index is 0.0403. The second kappa shape index (κ2) is 7.49. The van der Waals surface area contributed by atoms with Gasteiger partial charge in [-0.25, -0.2) is 0 Å². The number of rotatable bonds is 3. The first-order chi connectivity index (χ1) is 15.8. The topological polar surface area (TPSA) is 12.0 Å². The number of nitrogens with one attached hydrogen (secondary N) is 1. The van der Waals surface area contributed by atoms with Crippen molar-refractivity contribution in [3.05, 3.63) is 83.4 Å². The van der Waals surface area contributed by atoms with Crippen LogP contribution < -0.4 is 5.32 Å². The standard InChI is InChI=1S/C32H37N/c1-21-15-22-17-23(16-21)20-32(4,19-22)24-9-11-25(12-10-24)33-26-13-14-28-27-7-5-6-8-29(27)31(2,3)30(28)18-26/h5-14,18,21-23,33H,15-17,19-20H2,1-4H3. The average Bonchev–Trinajstić information content (AvgIpc) is 3.00. The first kappa shape index (κ1) is 21.0. The van der Waals surface area contributed by atoms with Crippen molar-refractivity contribution in [1.82, 2.24) is 0 Å². The van der Waals surface area contributed by atoms with Crippen LogP contribution in [-0.2, 0) is 10.8 Å². The average molecular weight is 436 g/mol. The minimum Gasteiger partial charge on any atom is -0.356 e. The van der Waals surface area contributed by atoms with E-state index in [1.807, 2.05) is 0 Å². The Hall–Kier alpha value is -2.54. The van der Waals surface area contributed by atoms with Gasteiger partial charge in [-0.3, -0.25) is 0 Å². The van der Waals surface area contributed by atoms with Gasteiger partial charge in [0.2, 0.25) is 0 Å². The van der Waals surface area contributed by atoms with Crippen molar-refractivity contribution < 1.29 is 0 Å². The Morgan fingerprint density at radius 3 is 2.06 bits per heavy atom. The molecule has 0 radical (unpaired) electrons. The number of benzene rings is 3. The van der Waals surface area contributed by atoms with Crippen LogP contribution in [0.25, 0.3) is 11.1 Å². The molecule has 0 heterocycles. The summed E-state index contributed by atoms with van der Waals surface area (Å²) in [6, 6.07) is 25.1.